The molecule has 6 nitrogen and oxygen atoms in total. The number of aliphatic carboxylic acids is 1. The van der Waals surface area contributed by atoms with E-state index >= 15 is 0 Å². The molecule has 0 aliphatic heterocycles. The van der Waals surface area contributed by atoms with Crippen molar-refractivity contribution < 1.29 is 19.4 Å². The van der Waals surface area contributed by atoms with E-state index in [0.29, 0.717) is 19.8 Å². The molecule has 0 radical (unpaired) electrons. The molecule has 0 heterocycles. The molecule has 20 heavy (non-hydrogen) atoms. The van der Waals surface area contributed by atoms with Gasteiger partial charge >= 0.3 is 12.0 Å². The van der Waals surface area contributed by atoms with Gasteiger partial charge in [0.2, 0.25) is 0 Å². The molecule has 0 aromatic rings. The fourth-order valence-corrected chi connectivity index (χ4v) is 1.66. The average molecular weight is 288 g/mol. The van der Waals surface area contributed by atoms with Crippen LogP contribution in [0.15, 0.2) is 0 Å². The molecule has 0 aliphatic carbocycles. The summed E-state index contributed by atoms with van der Waals surface area (Å²) >= 11 is 0. The average Bonchev–Trinajstić information content (AvgIpc) is 2.39. The predicted octanol–water partition coefficient (Wildman–Crippen LogP) is 1.80. The van der Waals surface area contributed by atoms with Crippen LogP contribution in [-0.4, -0.2) is 54.4 Å². The standard InChI is InChI=1S/C14H28N2O4/c1-6-16(8-11(5)13(17)18)14(19)15-12(10(3)4)9-20-7-2/h10-12H,6-9H2,1-5H3,(H,15,19)(H,17,18). The highest BCUT2D eigenvalue weighted by molar-refractivity contribution is 5.76. The molecule has 118 valence electrons. The molecule has 0 bridgehead atoms. The maximum Gasteiger partial charge on any atom is 0.317 e. The zero-order valence-corrected chi connectivity index (χ0v) is 13.2. The lowest BCUT2D eigenvalue weighted by molar-refractivity contribution is -0.141. The van der Waals surface area contributed by atoms with E-state index in [2.05, 4.69) is 5.32 Å². The summed E-state index contributed by atoms with van der Waals surface area (Å²) in [6.45, 7) is 11.1. The second-order valence-electron chi connectivity index (χ2n) is 5.24. The van der Waals surface area contributed by atoms with Crippen LogP contribution < -0.4 is 5.32 Å². The largest absolute Gasteiger partial charge is 0.481 e. The molecule has 0 spiro atoms. The highest BCUT2D eigenvalue weighted by Crippen LogP contribution is 2.06. The van der Waals surface area contributed by atoms with Gasteiger partial charge in [-0.25, -0.2) is 4.79 Å². The van der Waals surface area contributed by atoms with E-state index in [9.17, 15) is 9.59 Å². The van der Waals surface area contributed by atoms with Crippen LogP contribution in [0.2, 0.25) is 0 Å². The maximum absolute atomic E-state index is 12.2. The Kier molecular flexibility index (Phi) is 8.96. The fraction of sp³-hybridized carbons (Fsp3) is 0.857. The summed E-state index contributed by atoms with van der Waals surface area (Å²) in [4.78, 5) is 24.6. The first-order valence-corrected chi connectivity index (χ1v) is 7.19. The van der Waals surface area contributed by atoms with Crippen LogP contribution in [0, 0.1) is 11.8 Å². The summed E-state index contributed by atoms with van der Waals surface area (Å²) in [5, 5.41) is 11.8. The molecule has 2 atom stereocenters. The van der Waals surface area contributed by atoms with Gasteiger partial charge in [0.1, 0.15) is 0 Å². The minimum Gasteiger partial charge on any atom is -0.481 e. The zero-order valence-electron chi connectivity index (χ0n) is 13.2. The smallest absolute Gasteiger partial charge is 0.317 e. The first-order chi connectivity index (χ1) is 9.33. The fourth-order valence-electron chi connectivity index (χ4n) is 1.66. The number of amides is 2. The van der Waals surface area contributed by atoms with Gasteiger partial charge in [0.15, 0.2) is 0 Å². The van der Waals surface area contributed by atoms with Crippen molar-refractivity contribution in [1.29, 1.82) is 0 Å². The quantitative estimate of drug-likeness (QED) is 0.678. The van der Waals surface area contributed by atoms with E-state index in [1.165, 1.54) is 4.90 Å². The highest BCUT2D eigenvalue weighted by Gasteiger charge is 2.22. The molecule has 2 unspecified atom stereocenters. The second kappa shape index (κ2) is 9.58. The monoisotopic (exact) mass is 288 g/mol. The minimum absolute atomic E-state index is 0.0726. The van der Waals surface area contributed by atoms with Gasteiger partial charge in [0.25, 0.3) is 0 Å². The number of nitrogens with zero attached hydrogens (tertiary/aromatic N) is 1. The molecule has 2 amide bonds. The summed E-state index contributed by atoms with van der Waals surface area (Å²) in [6, 6.07) is -0.310. The van der Waals surface area contributed by atoms with Crippen LogP contribution in [0.25, 0.3) is 0 Å². The number of carbonyl (C=O) groups excluding carboxylic acids is 1. The molecule has 0 aromatic heterocycles. The minimum atomic E-state index is -0.897. The lowest BCUT2D eigenvalue weighted by Crippen LogP contribution is -2.50. The third kappa shape index (κ3) is 6.75. The Morgan fingerprint density at radius 3 is 2.25 bits per heavy atom. The van der Waals surface area contributed by atoms with Crippen molar-refractivity contribution >= 4 is 12.0 Å². The number of urea groups is 1. The number of hydrogen-bond donors (Lipinski definition) is 2. The Morgan fingerprint density at radius 1 is 1.25 bits per heavy atom. The van der Waals surface area contributed by atoms with E-state index in [-0.39, 0.29) is 24.5 Å². The van der Waals surface area contributed by atoms with Gasteiger partial charge in [-0.3, -0.25) is 4.79 Å². The number of ether oxygens (including phenoxy) is 1. The molecule has 0 fully saturated rings. The van der Waals surface area contributed by atoms with Crippen molar-refractivity contribution in [2.24, 2.45) is 11.8 Å². The van der Waals surface area contributed by atoms with Gasteiger partial charge in [-0.05, 0) is 19.8 Å². The van der Waals surface area contributed by atoms with Crippen molar-refractivity contribution in [1.82, 2.24) is 10.2 Å². The Balaban J connectivity index is 4.54. The van der Waals surface area contributed by atoms with Crippen molar-refractivity contribution in [2.45, 2.75) is 40.7 Å². The number of carbonyl (C=O) groups is 2. The Labute approximate surface area is 121 Å². The van der Waals surface area contributed by atoms with Crippen LogP contribution in [0.4, 0.5) is 4.79 Å². The molecule has 0 aromatic carbocycles. The van der Waals surface area contributed by atoms with Gasteiger partial charge in [-0.1, -0.05) is 20.8 Å². The molecule has 6 heteroatoms. The molecule has 0 saturated heterocycles. The molecule has 2 N–H and O–H groups in total. The van der Waals surface area contributed by atoms with E-state index in [0.717, 1.165) is 0 Å². The summed E-state index contributed by atoms with van der Waals surface area (Å²) in [7, 11) is 0. The Morgan fingerprint density at radius 2 is 1.85 bits per heavy atom. The first kappa shape index (κ1) is 18.7. The van der Waals surface area contributed by atoms with E-state index in [4.69, 9.17) is 9.84 Å². The van der Waals surface area contributed by atoms with Gasteiger partial charge in [0.05, 0.1) is 18.6 Å². The highest BCUT2D eigenvalue weighted by atomic mass is 16.5. The lowest BCUT2D eigenvalue weighted by Gasteiger charge is -2.28. The van der Waals surface area contributed by atoms with Gasteiger partial charge in [-0.2, -0.15) is 0 Å². The molecule has 0 aliphatic rings. The first-order valence-electron chi connectivity index (χ1n) is 7.19. The summed E-state index contributed by atoms with van der Waals surface area (Å²) in [6.07, 6.45) is 0. The number of nitrogens with one attached hydrogen (secondary N) is 1. The maximum atomic E-state index is 12.2. The van der Waals surface area contributed by atoms with Crippen molar-refractivity contribution in [3.05, 3.63) is 0 Å². The van der Waals surface area contributed by atoms with Crippen LogP contribution in [-0.2, 0) is 9.53 Å². The van der Waals surface area contributed by atoms with Crippen molar-refractivity contribution in [3.8, 4) is 0 Å². The molecular formula is C14H28N2O4. The van der Waals surface area contributed by atoms with Gasteiger partial charge in [-0.15, -0.1) is 0 Å². The molecule has 0 rings (SSSR count). The van der Waals surface area contributed by atoms with E-state index < -0.39 is 11.9 Å². The topological polar surface area (TPSA) is 78.9 Å². The van der Waals surface area contributed by atoms with Crippen LogP contribution >= 0.6 is 0 Å². The molecule has 0 saturated carbocycles. The summed E-state index contributed by atoms with van der Waals surface area (Å²) in [5.41, 5.74) is 0. The lowest BCUT2D eigenvalue weighted by atomic mass is 10.1. The Bertz CT molecular complexity index is 308. The number of carboxylic acid groups (broad SMARTS) is 1. The van der Waals surface area contributed by atoms with Crippen LogP contribution in [0.1, 0.15) is 34.6 Å². The van der Waals surface area contributed by atoms with E-state index in [1.54, 1.807) is 6.92 Å². The molecular weight excluding hydrogens is 260 g/mol. The number of carboxylic acids is 1. The third-order valence-electron chi connectivity index (χ3n) is 3.20. The van der Waals surface area contributed by atoms with Gasteiger partial charge in [0, 0.05) is 19.7 Å². The second-order valence-corrected chi connectivity index (χ2v) is 5.24. The number of hydrogen-bond acceptors (Lipinski definition) is 3. The van der Waals surface area contributed by atoms with Crippen LogP contribution in [0.3, 0.4) is 0 Å². The van der Waals surface area contributed by atoms with E-state index in [1.807, 2.05) is 27.7 Å². The number of rotatable bonds is 9. The van der Waals surface area contributed by atoms with Crippen LogP contribution in [0.5, 0.6) is 0 Å². The SMILES string of the molecule is CCOCC(NC(=O)N(CC)CC(C)C(=O)O)C(C)C. The third-order valence-corrected chi connectivity index (χ3v) is 3.20. The Hall–Kier alpha value is -1.30. The zero-order chi connectivity index (χ0) is 15.7. The normalized spacial score (nSPS) is 13.9. The van der Waals surface area contributed by atoms with Crippen molar-refractivity contribution in [2.75, 3.05) is 26.3 Å². The predicted molar refractivity (Wildman–Crippen MR) is 77.7 cm³/mol. The van der Waals surface area contributed by atoms with Gasteiger partial charge < -0.3 is 20.1 Å². The summed E-state index contributed by atoms with van der Waals surface area (Å²) in [5.74, 6) is -1.22. The van der Waals surface area contributed by atoms with Crippen molar-refractivity contribution in [3.63, 3.8) is 0 Å². The summed E-state index contributed by atoms with van der Waals surface area (Å²) < 4.78 is 5.36.